The summed E-state index contributed by atoms with van der Waals surface area (Å²) in [4.78, 5) is 26.2. The number of hydrogen-bond acceptors (Lipinski definition) is 4. The predicted molar refractivity (Wildman–Crippen MR) is 144 cm³/mol. The molecule has 6 nitrogen and oxygen atoms in total. The topological polar surface area (TPSA) is 73.5 Å². The van der Waals surface area contributed by atoms with Crippen LogP contribution in [-0.2, 0) is 4.79 Å². The Balaban J connectivity index is 1.67. The molecule has 0 bridgehead atoms. The summed E-state index contributed by atoms with van der Waals surface area (Å²) >= 11 is 6.14. The van der Waals surface area contributed by atoms with Gasteiger partial charge in [0.1, 0.15) is 5.70 Å². The van der Waals surface area contributed by atoms with E-state index in [0.29, 0.717) is 23.7 Å². The minimum atomic E-state index is -0.324. The first-order valence-corrected chi connectivity index (χ1v) is 12.5. The molecule has 3 aromatic rings. The molecule has 1 saturated heterocycles. The lowest BCUT2D eigenvalue weighted by Crippen LogP contribution is -2.37. The Bertz CT molecular complexity index is 1200. The average Bonchev–Trinajstić information content (AvgIpc) is 3.32. The molecule has 1 heterocycles. The molecule has 0 aromatic heterocycles. The summed E-state index contributed by atoms with van der Waals surface area (Å²) < 4.78 is 0. The molecule has 0 radical (unpaired) electrons. The van der Waals surface area contributed by atoms with Crippen LogP contribution in [0, 0.1) is 11.8 Å². The summed E-state index contributed by atoms with van der Waals surface area (Å²) in [6, 6.07) is 26.5. The summed E-state index contributed by atoms with van der Waals surface area (Å²) in [6.45, 7) is 5.18. The largest absolute Gasteiger partial charge is 0.351 e. The van der Waals surface area contributed by atoms with Gasteiger partial charge >= 0.3 is 0 Å². The minimum Gasteiger partial charge on any atom is -0.351 e. The molecule has 7 heteroatoms. The lowest BCUT2D eigenvalue weighted by molar-refractivity contribution is -0.118. The van der Waals surface area contributed by atoms with Crippen LogP contribution >= 0.6 is 11.6 Å². The molecule has 0 aliphatic carbocycles. The quantitative estimate of drug-likeness (QED) is 0.374. The smallest absolute Gasteiger partial charge is 0.267 e. The molecule has 0 spiro atoms. The van der Waals surface area contributed by atoms with E-state index in [1.165, 1.54) is 0 Å². The van der Waals surface area contributed by atoms with Gasteiger partial charge in [-0.25, -0.2) is 5.43 Å². The first-order valence-electron chi connectivity index (χ1n) is 12.1. The van der Waals surface area contributed by atoms with Gasteiger partial charge in [0.2, 0.25) is 0 Å². The second kappa shape index (κ2) is 11.9. The van der Waals surface area contributed by atoms with Gasteiger partial charge in [-0.3, -0.25) is 9.59 Å². The van der Waals surface area contributed by atoms with Gasteiger partial charge in [-0.05, 0) is 54.0 Å². The number of nitrogens with zero attached hydrogens (tertiary/aromatic N) is 1. The highest BCUT2D eigenvalue weighted by atomic mass is 35.5. The van der Waals surface area contributed by atoms with E-state index in [0.717, 1.165) is 11.3 Å². The third kappa shape index (κ3) is 6.53. The molecule has 3 aromatic carbocycles. The van der Waals surface area contributed by atoms with E-state index >= 15 is 0 Å². The maximum Gasteiger partial charge on any atom is 0.267 e. The Labute approximate surface area is 217 Å². The highest BCUT2D eigenvalue weighted by Crippen LogP contribution is 2.33. The maximum atomic E-state index is 13.2. The number of amides is 2. The second-order valence-corrected chi connectivity index (χ2v) is 9.71. The molecule has 1 aliphatic heterocycles. The SMILES string of the molecule is CC(C)CNC(=O)/C(=C/[C@H]1CN(c2ccccc2)N[C@H]1c1ccc(Cl)cc1)NC(=O)c1ccccc1. The zero-order chi connectivity index (χ0) is 25.5. The molecule has 186 valence electrons. The van der Waals surface area contributed by atoms with Crippen molar-refractivity contribution in [2.24, 2.45) is 11.8 Å². The van der Waals surface area contributed by atoms with Crippen molar-refractivity contribution in [1.29, 1.82) is 0 Å². The number of carbonyl (C=O) groups is 2. The van der Waals surface area contributed by atoms with Gasteiger partial charge in [0, 0.05) is 29.6 Å². The number of hydrogen-bond donors (Lipinski definition) is 3. The van der Waals surface area contributed by atoms with Crippen LogP contribution in [0.4, 0.5) is 5.69 Å². The molecule has 3 N–H and O–H groups in total. The van der Waals surface area contributed by atoms with E-state index in [-0.39, 0.29) is 35.4 Å². The first-order chi connectivity index (χ1) is 17.4. The van der Waals surface area contributed by atoms with Crippen LogP contribution in [0.2, 0.25) is 5.02 Å². The fourth-order valence-corrected chi connectivity index (χ4v) is 4.25. The molecule has 1 fully saturated rings. The van der Waals surface area contributed by atoms with Crippen LogP contribution in [0.3, 0.4) is 0 Å². The first kappa shape index (κ1) is 25.5. The van der Waals surface area contributed by atoms with E-state index in [9.17, 15) is 9.59 Å². The third-order valence-electron chi connectivity index (χ3n) is 5.99. The van der Waals surface area contributed by atoms with Crippen molar-refractivity contribution < 1.29 is 9.59 Å². The average molecular weight is 503 g/mol. The molecule has 0 saturated carbocycles. The van der Waals surface area contributed by atoms with Crippen molar-refractivity contribution in [2.45, 2.75) is 19.9 Å². The Morgan fingerprint density at radius 2 is 1.64 bits per heavy atom. The van der Waals surface area contributed by atoms with Gasteiger partial charge in [0.05, 0.1) is 11.7 Å². The third-order valence-corrected chi connectivity index (χ3v) is 6.25. The Hall–Kier alpha value is -3.61. The van der Waals surface area contributed by atoms with E-state index in [4.69, 9.17) is 11.6 Å². The lowest BCUT2D eigenvalue weighted by Gasteiger charge is -2.20. The van der Waals surface area contributed by atoms with Gasteiger partial charge < -0.3 is 15.6 Å². The van der Waals surface area contributed by atoms with Gasteiger partial charge in [-0.15, -0.1) is 0 Å². The normalized spacial score (nSPS) is 17.8. The van der Waals surface area contributed by atoms with Gasteiger partial charge in [-0.1, -0.05) is 74.0 Å². The van der Waals surface area contributed by atoms with Crippen LogP contribution in [-0.4, -0.2) is 24.9 Å². The van der Waals surface area contributed by atoms with Crippen molar-refractivity contribution in [2.75, 3.05) is 18.1 Å². The summed E-state index contributed by atoms with van der Waals surface area (Å²) in [5, 5.41) is 8.54. The number of rotatable bonds is 8. The predicted octanol–water partition coefficient (Wildman–Crippen LogP) is 5.11. The van der Waals surface area contributed by atoms with Crippen LogP contribution in [0.5, 0.6) is 0 Å². The van der Waals surface area contributed by atoms with E-state index < -0.39 is 0 Å². The van der Waals surface area contributed by atoms with Crippen LogP contribution in [0.25, 0.3) is 0 Å². The standard InChI is InChI=1S/C29H31ClN4O2/c1-20(2)18-31-29(36)26(32-28(35)22-9-5-3-6-10-22)17-23-19-34(25-11-7-4-8-12-25)33-27(23)21-13-15-24(30)16-14-21/h3-17,20,23,27,33H,18-19H2,1-2H3,(H,31,36)(H,32,35)/b26-17-/t23-,27-/m0/s1. The molecule has 4 rings (SSSR count). The molecule has 2 amide bonds. The van der Waals surface area contributed by atoms with Crippen molar-refractivity contribution in [3.8, 4) is 0 Å². The summed E-state index contributed by atoms with van der Waals surface area (Å²) in [6.07, 6.45) is 1.87. The van der Waals surface area contributed by atoms with Crippen LogP contribution in [0.1, 0.15) is 35.8 Å². The summed E-state index contributed by atoms with van der Waals surface area (Å²) in [5.74, 6) is -0.456. The van der Waals surface area contributed by atoms with E-state index in [1.54, 1.807) is 24.3 Å². The van der Waals surface area contributed by atoms with Crippen molar-refractivity contribution in [1.82, 2.24) is 16.1 Å². The van der Waals surface area contributed by atoms with E-state index in [1.807, 2.05) is 80.6 Å². The Morgan fingerprint density at radius 3 is 2.28 bits per heavy atom. The zero-order valence-corrected chi connectivity index (χ0v) is 21.2. The van der Waals surface area contributed by atoms with Crippen molar-refractivity contribution in [3.63, 3.8) is 0 Å². The second-order valence-electron chi connectivity index (χ2n) is 9.27. The van der Waals surface area contributed by atoms with Gasteiger partial charge in [0.25, 0.3) is 11.8 Å². The molecular formula is C29H31ClN4O2. The summed E-state index contributed by atoms with van der Waals surface area (Å²) in [7, 11) is 0. The van der Waals surface area contributed by atoms with Crippen LogP contribution < -0.4 is 21.1 Å². The number of para-hydroxylation sites is 1. The monoisotopic (exact) mass is 502 g/mol. The number of halogens is 1. The highest BCUT2D eigenvalue weighted by Gasteiger charge is 2.33. The number of hydrazine groups is 1. The van der Waals surface area contributed by atoms with Crippen molar-refractivity contribution in [3.05, 3.63) is 113 Å². The fourth-order valence-electron chi connectivity index (χ4n) is 4.13. The number of carbonyl (C=O) groups excluding carboxylic acids is 2. The lowest BCUT2D eigenvalue weighted by atomic mass is 9.93. The Kier molecular flexibility index (Phi) is 8.41. The summed E-state index contributed by atoms with van der Waals surface area (Å²) in [5.41, 5.74) is 6.36. The molecule has 1 aliphatic rings. The highest BCUT2D eigenvalue weighted by molar-refractivity contribution is 6.30. The van der Waals surface area contributed by atoms with Crippen molar-refractivity contribution >= 4 is 29.1 Å². The van der Waals surface area contributed by atoms with Crippen LogP contribution in [0.15, 0.2) is 96.7 Å². The zero-order valence-electron chi connectivity index (χ0n) is 20.4. The van der Waals surface area contributed by atoms with Gasteiger partial charge in [-0.2, -0.15) is 0 Å². The molecular weight excluding hydrogens is 472 g/mol. The minimum absolute atomic E-state index is 0.109. The number of benzene rings is 3. The maximum absolute atomic E-state index is 13.2. The molecule has 36 heavy (non-hydrogen) atoms. The van der Waals surface area contributed by atoms with Gasteiger partial charge in [0.15, 0.2) is 0 Å². The molecule has 0 unspecified atom stereocenters. The number of nitrogens with one attached hydrogen (secondary N) is 3. The van der Waals surface area contributed by atoms with E-state index in [2.05, 4.69) is 21.1 Å². The Morgan fingerprint density at radius 1 is 1.00 bits per heavy atom. The fraction of sp³-hybridized carbons (Fsp3) is 0.241. The molecule has 2 atom stereocenters. The number of anilines is 1.